The Kier molecular flexibility index (Phi) is 5.02. The molecule has 6 nitrogen and oxygen atoms in total. The summed E-state index contributed by atoms with van der Waals surface area (Å²) in [5, 5.41) is 3.28. The van der Waals surface area contributed by atoms with Gasteiger partial charge in [-0.2, -0.15) is 0 Å². The van der Waals surface area contributed by atoms with Gasteiger partial charge in [-0.05, 0) is 42.3 Å². The molecule has 0 radical (unpaired) electrons. The van der Waals surface area contributed by atoms with Crippen LogP contribution in [-0.4, -0.2) is 57.6 Å². The largest absolute Gasteiger partial charge is 0.352 e. The fraction of sp³-hybridized carbons (Fsp3) is 0.273. The molecular weight excluding hydrogens is 386 g/mol. The Hall–Kier alpha value is -3.10. The number of anilines is 1. The number of fused-ring (bicyclic) bond motifs is 3. The van der Waals surface area contributed by atoms with Crippen molar-refractivity contribution in [3.05, 3.63) is 66.1 Å². The molecule has 0 spiro atoms. The third-order valence-corrected chi connectivity index (χ3v) is 5.62. The molecule has 0 bridgehead atoms. The minimum atomic E-state index is -0.795. The maximum absolute atomic E-state index is 13.4. The lowest BCUT2D eigenvalue weighted by Crippen LogP contribution is -2.48. The first kappa shape index (κ1) is 18.9. The van der Waals surface area contributed by atoms with Gasteiger partial charge in [-0.1, -0.05) is 6.07 Å². The molecule has 30 heavy (non-hydrogen) atoms. The van der Waals surface area contributed by atoms with Gasteiger partial charge >= 0.3 is 0 Å². The van der Waals surface area contributed by atoms with Gasteiger partial charge in [-0.15, -0.1) is 0 Å². The van der Waals surface area contributed by atoms with Crippen molar-refractivity contribution < 1.29 is 8.78 Å². The Morgan fingerprint density at radius 2 is 1.83 bits per heavy atom. The molecule has 0 amide bonds. The molecule has 1 fully saturated rings. The molecule has 8 heteroatoms. The molecule has 1 aliphatic rings. The van der Waals surface area contributed by atoms with Crippen LogP contribution in [0.25, 0.3) is 21.9 Å². The highest BCUT2D eigenvalue weighted by Gasteiger charge is 2.17. The summed E-state index contributed by atoms with van der Waals surface area (Å²) in [6, 6.07) is 10.4. The zero-order valence-corrected chi connectivity index (χ0v) is 16.4. The first-order chi connectivity index (χ1) is 14.7. The van der Waals surface area contributed by atoms with Crippen LogP contribution in [0.5, 0.6) is 0 Å². The van der Waals surface area contributed by atoms with Crippen LogP contribution < -0.4 is 5.43 Å². The van der Waals surface area contributed by atoms with E-state index in [0.29, 0.717) is 6.42 Å². The van der Waals surface area contributed by atoms with Gasteiger partial charge in [0, 0.05) is 49.3 Å². The molecular formula is C22H22F2N6. The lowest BCUT2D eigenvalue weighted by atomic mass is 10.1. The molecule has 3 heterocycles. The lowest BCUT2D eigenvalue weighted by molar-refractivity contribution is 0.154. The number of H-pyrrole nitrogens is 1. The van der Waals surface area contributed by atoms with Crippen molar-refractivity contribution >= 4 is 27.6 Å². The number of piperazine rings is 1. The molecule has 4 aromatic rings. The molecule has 2 N–H and O–H groups in total. The van der Waals surface area contributed by atoms with E-state index in [4.69, 9.17) is 0 Å². The fourth-order valence-electron chi connectivity index (χ4n) is 3.95. The Morgan fingerprint density at radius 1 is 0.967 bits per heavy atom. The third-order valence-electron chi connectivity index (χ3n) is 5.62. The normalized spacial score (nSPS) is 15.8. The number of rotatable bonds is 5. The van der Waals surface area contributed by atoms with Gasteiger partial charge in [0.2, 0.25) is 0 Å². The molecule has 0 saturated carbocycles. The summed E-state index contributed by atoms with van der Waals surface area (Å²) in [7, 11) is 0. The summed E-state index contributed by atoms with van der Waals surface area (Å²) in [5.41, 5.74) is 8.23. The van der Waals surface area contributed by atoms with Crippen LogP contribution in [0.15, 0.2) is 48.9 Å². The van der Waals surface area contributed by atoms with Crippen molar-refractivity contribution in [2.45, 2.75) is 6.42 Å². The molecule has 0 unspecified atom stereocenters. The van der Waals surface area contributed by atoms with Crippen LogP contribution in [0.1, 0.15) is 5.56 Å². The molecule has 0 aliphatic carbocycles. The van der Waals surface area contributed by atoms with E-state index in [1.54, 1.807) is 18.6 Å². The molecule has 1 aliphatic heterocycles. The van der Waals surface area contributed by atoms with E-state index in [2.05, 4.69) is 48.5 Å². The maximum atomic E-state index is 13.4. The predicted molar refractivity (Wildman–Crippen MR) is 113 cm³/mol. The third kappa shape index (κ3) is 3.83. The molecule has 0 atom stereocenters. The Bertz CT molecular complexity index is 1180. The molecule has 1 saturated heterocycles. The number of benzene rings is 2. The standard InChI is InChI=1S/C22H22F2N6/c23-18-3-1-15(11-19(18)24)5-6-29-7-9-30(10-8-29)28-16-2-4-20-17(12-16)22-21(27-20)13-25-14-26-22/h1-4,11-14,27-28H,5-10H2. The van der Waals surface area contributed by atoms with E-state index < -0.39 is 11.6 Å². The molecule has 5 rings (SSSR count). The van der Waals surface area contributed by atoms with Gasteiger partial charge in [0.1, 0.15) is 6.33 Å². The van der Waals surface area contributed by atoms with E-state index in [0.717, 1.165) is 65.9 Å². The Labute approximate surface area is 172 Å². The summed E-state index contributed by atoms with van der Waals surface area (Å²) >= 11 is 0. The van der Waals surface area contributed by atoms with Gasteiger partial charge in [-0.25, -0.2) is 23.8 Å². The second-order valence-corrected chi connectivity index (χ2v) is 7.61. The van der Waals surface area contributed by atoms with E-state index in [1.807, 2.05) is 0 Å². The van der Waals surface area contributed by atoms with Crippen LogP contribution >= 0.6 is 0 Å². The van der Waals surface area contributed by atoms with Crippen LogP contribution in [0, 0.1) is 11.6 Å². The van der Waals surface area contributed by atoms with Crippen molar-refractivity contribution in [2.24, 2.45) is 0 Å². The SMILES string of the molecule is Fc1ccc(CCN2CCN(Nc3ccc4[nH]c5cncnc5c4c3)CC2)cc1F. The average molecular weight is 408 g/mol. The maximum Gasteiger partial charge on any atom is 0.159 e. The van der Waals surface area contributed by atoms with E-state index in [1.165, 1.54) is 12.1 Å². The number of hydrogen-bond acceptors (Lipinski definition) is 5. The smallest absolute Gasteiger partial charge is 0.159 e. The Morgan fingerprint density at radius 3 is 2.67 bits per heavy atom. The minimum Gasteiger partial charge on any atom is -0.352 e. The van der Waals surface area contributed by atoms with Crippen molar-refractivity contribution in [1.29, 1.82) is 0 Å². The van der Waals surface area contributed by atoms with Crippen molar-refractivity contribution in [2.75, 3.05) is 38.1 Å². The highest BCUT2D eigenvalue weighted by Crippen LogP contribution is 2.26. The van der Waals surface area contributed by atoms with Crippen molar-refractivity contribution in [3.8, 4) is 0 Å². The van der Waals surface area contributed by atoms with Gasteiger partial charge in [0.05, 0.1) is 17.2 Å². The fourth-order valence-corrected chi connectivity index (χ4v) is 3.95. The zero-order valence-electron chi connectivity index (χ0n) is 16.4. The molecule has 2 aromatic carbocycles. The van der Waals surface area contributed by atoms with Crippen LogP contribution in [-0.2, 0) is 6.42 Å². The van der Waals surface area contributed by atoms with Crippen LogP contribution in [0.2, 0.25) is 0 Å². The number of nitrogens with one attached hydrogen (secondary N) is 2. The average Bonchev–Trinajstić information content (AvgIpc) is 3.14. The Balaban J connectivity index is 1.18. The van der Waals surface area contributed by atoms with Gasteiger partial charge in [0.15, 0.2) is 11.6 Å². The summed E-state index contributed by atoms with van der Waals surface area (Å²) in [5.74, 6) is -1.57. The number of nitrogens with zero attached hydrogens (tertiary/aromatic N) is 4. The van der Waals surface area contributed by atoms with E-state index in [9.17, 15) is 8.78 Å². The zero-order chi connectivity index (χ0) is 20.5. The van der Waals surface area contributed by atoms with Gasteiger partial charge in [-0.3, -0.25) is 0 Å². The molecule has 154 valence electrons. The number of aromatic amines is 1. The summed E-state index contributed by atoms with van der Waals surface area (Å²) in [6.45, 7) is 4.43. The topological polar surface area (TPSA) is 60.1 Å². The quantitative estimate of drug-likeness (QED) is 0.529. The van der Waals surface area contributed by atoms with Gasteiger partial charge in [0.25, 0.3) is 0 Å². The summed E-state index contributed by atoms with van der Waals surface area (Å²) in [4.78, 5) is 14.1. The lowest BCUT2D eigenvalue weighted by Gasteiger charge is -2.35. The minimum absolute atomic E-state index is 0.712. The number of halogens is 2. The van der Waals surface area contributed by atoms with Crippen molar-refractivity contribution in [1.82, 2.24) is 24.9 Å². The second-order valence-electron chi connectivity index (χ2n) is 7.61. The second kappa shape index (κ2) is 7.97. The summed E-state index contributed by atoms with van der Waals surface area (Å²) < 4.78 is 26.4. The molecule has 2 aromatic heterocycles. The van der Waals surface area contributed by atoms with E-state index >= 15 is 0 Å². The van der Waals surface area contributed by atoms with Crippen LogP contribution in [0.4, 0.5) is 14.5 Å². The predicted octanol–water partition coefficient (Wildman–Crippen LogP) is 3.58. The van der Waals surface area contributed by atoms with E-state index in [-0.39, 0.29) is 0 Å². The number of hydrazine groups is 1. The van der Waals surface area contributed by atoms with Crippen molar-refractivity contribution in [3.63, 3.8) is 0 Å². The van der Waals surface area contributed by atoms with Crippen LogP contribution in [0.3, 0.4) is 0 Å². The monoisotopic (exact) mass is 408 g/mol. The highest BCUT2D eigenvalue weighted by atomic mass is 19.2. The summed E-state index contributed by atoms with van der Waals surface area (Å²) in [6.07, 6.45) is 4.06. The number of aromatic nitrogens is 3. The first-order valence-corrected chi connectivity index (χ1v) is 10.0. The first-order valence-electron chi connectivity index (χ1n) is 10.0. The van der Waals surface area contributed by atoms with Gasteiger partial charge < -0.3 is 15.3 Å². The number of hydrogen-bond donors (Lipinski definition) is 2. The highest BCUT2D eigenvalue weighted by molar-refractivity contribution is 6.05.